The molecule has 1 aromatic rings. The first kappa shape index (κ1) is 14.4. The molecule has 0 amide bonds. The highest BCUT2D eigenvalue weighted by Crippen LogP contribution is 2.18. The van der Waals surface area contributed by atoms with E-state index in [1.54, 1.807) is 0 Å². The topological polar surface area (TPSA) is 143 Å². The maximum Gasteiger partial charge on any atom is 0.326 e. The first-order chi connectivity index (χ1) is 8.81. The van der Waals surface area contributed by atoms with Crippen LogP contribution in [-0.2, 0) is 9.59 Å². The Labute approximate surface area is 107 Å². The lowest BCUT2D eigenvalue weighted by Gasteiger charge is -2.13. The van der Waals surface area contributed by atoms with E-state index < -0.39 is 29.3 Å². The molecule has 0 saturated heterocycles. The summed E-state index contributed by atoms with van der Waals surface area (Å²) in [6.45, 7) is 1.40. The number of aromatic nitrogens is 1. The summed E-state index contributed by atoms with van der Waals surface area (Å²) in [4.78, 5) is 35.1. The number of anilines is 1. The standard InChI is InChI=1S/C10H11N3O6/c1-5-7(13(18)19)2-3-8(11-5)12-6(10(16)17)4-9(14)15/h2-3,6H,4H2,1H3,(H,11,12)(H,14,15)(H,16,17). The summed E-state index contributed by atoms with van der Waals surface area (Å²) in [5.41, 5.74) is -0.0925. The Hall–Kier alpha value is -2.71. The molecule has 3 N–H and O–H groups in total. The van der Waals surface area contributed by atoms with E-state index in [1.807, 2.05) is 0 Å². The molecule has 0 saturated carbocycles. The Morgan fingerprint density at radius 1 is 1.47 bits per heavy atom. The predicted octanol–water partition coefficient (Wildman–Crippen LogP) is 0.638. The summed E-state index contributed by atoms with van der Waals surface area (Å²) in [5, 5.41) is 30.4. The molecule has 0 fully saturated rings. The molecule has 0 radical (unpaired) electrons. The second-order valence-corrected chi connectivity index (χ2v) is 3.69. The zero-order valence-corrected chi connectivity index (χ0v) is 9.86. The molecule has 0 aliphatic rings. The van der Waals surface area contributed by atoms with Crippen LogP contribution in [0.3, 0.4) is 0 Å². The normalized spacial score (nSPS) is 11.6. The lowest BCUT2D eigenvalue weighted by Crippen LogP contribution is -2.32. The van der Waals surface area contributed by atoms with Gasteiger partial charge in [-0.05, 0) is 13.0 Å². The number of pyridine rings is 1. The van der Waals surface area contributed by atoms with E-state index in [1.165, 1.54) is 19.1 Å². The number of hydrogen-bond donors (Lipinski definition) is 3. The van der Waals surface area contributed by atoms with Crippen molar-refractivity contribution in [2.24, 2.45) is 0 Å². The summed E-state index contributed by atoms with van der Waals surface area (Å²) >= 11 is 0. The third kappa shape index (κ3) is 3.91. The van der Waals surface area contributed by atoms with Crippen molar-refractivity contribution in [3.63, 3.8) is 0 Å². The van der Waals surface area contributed by atoms with E-state index in [-0.39, 0.29) is 17.2 Å². The van der Waals surface area contributed by atoms with E-state index in [9.17, 15) is 19.7 Å². The van der Waals surface area contributed by atoms with Crippen LogP contribution in [0.1, 0.15) is 12.1 Å². The maximum atomic E-state index is 10.8. The van der Waals surface area contributed by atoms with Crippen molar-refractivity contribution in [1.82, 2.24) is 4.98 Å². The van der Waals surface area contributed by atoms with Gasteiger partial charge in [-0.25, -0.2) is 9.78 Å². The Bertz CT molecular complexity index is 530. The summed E-state index contributed by atoms with van der Waals surface area (Å²) in [6, 6.07) is 1.04. The molecule has 0 aliphatic heterocycles. The summed E-state index contributed by atoms with van der Waals surface area (Å²) < 4.78 is 0. The van der Waals surface area contributed by atoms with Gasteiger partial charge in [-0.2, -0.15) is 0 Å². The van der Waals surface area contributed by atoms with Crippen LogP contribution in [0.4, 0.5) is 11.5 Å². The number of aryl methyl sites for hydroxylation is 1. The molecule has 1 unspecified atom stereocenters. The fourth-order valence-electron chi connectivity index (χ4n) is 1.38. The van der Waals surface area contributed by atoms with Crippen LogP contribution in [0.5, 0.6) is 0 Å². The van der Waals surface area contributed by atoms with Gasteiger partial charge < -0.3 is 15.5 Å². The second-order valence-electron chi connectivity index (χ2n) is 3.69. The quantitative estimate of drug-likeness (QED) is 0.504. The van der Waals surface area contributed by atoms with Gasteiger partial charge in [-0.3, -0.25) is 14.9 Å². The third-order valence-electron chi connectivity index (χ3n) is 2.25. The average Bonchev–Trinajstić information content (AvgIpc) is 2.26. The van der Waals surface area contributed by atoms with E-state index in [0.29, 0.717) is 0 Å². The average molecular weight is 269 g/mol. The number of rotatable bonds is 6. The number of nitrogens with zero attached hydrogens (tertiary/aromatic N) is 2. The van der Waals surface area contributed by atoms with E-state index in [2.05, 4.69) is 10.3 Å². The van der Waals surface area contributed by atoms with Gasteiger partial charge in [0.2, 0.25) is 0 Å². The summed E-state index contributed by atoms with van der Waals surface area (Å²) in [5.74, 6) is -2.56. The molecule has 102 valence electrons. The van der Waals surface area contributed by atoms with Crippen LogP contribution < -0.4 is 5.32 Å². The highest BCUT2D eigenvalue weighted by molar-refractivity contribution is 5.83. The Balaban J connectivity index is 2.91. The predicted molar refractivity (Wildman–Crippen MR) is 62.9 cm³/mol. The van der Waals surface area contributed by atoms with E-state index >= 15 is 0 Å². The minimum Gasteiger partial charge on any atom is -0.481 e. The summed E-state index contributed by atoms with van der Waals surface area (Å²) in [6.07, 6.45) is -0.632. The number of hydrogen-bond acceptors (Lipinski definition) is 6. The van der Waals surface area contributed by atoms with Crippen LogP contribution in [0.2, 0.25) is 0 Å². The second kappa shape index (κ2) is 5.76. The summed E-state index contributed by atoms with van der Waals surface area (Å²) in [7, 11) is 0. The van der Waals surface area contributed by atoms with Crippen LogP contribution in [-0.4, -0.2) is 38.1 Å². The molecule has 0 aliphatic carbocycles. The molecular formula is C10H11N3O6. The van der Waals surface area contributed by atoms with Gasteiger partial charge in [-0.15, -0.1) is 0 Å². The SMILES string of the molecule is Cc1nc(NC(CC(=O)O)C(=O)O)ccc1[N+](=O)[O-]. The van der Waals surface area contributed by atoms with Crippen molar-refractivity contribution in [3.05, 3.63) is 27.9 Å². The van der Waals surface area contributed by atoms with Crippen molar-refractivity contribution in [1.29, 1.82) is 0 Å². The van der Waals surface area contributed by atoms with E-state index in [4.69, 9.17) is 10.2 Å². The molecule has 0 bridgehead atoms. The van der Waals surface area contributed by atoms with Crippen molar-refractivity contribution < 1.29 is 24.7 Å². The zero-order chi connectivity index (χ0) is 14.6. The number of carboxylic acid groups (broad SMARTS) is 2. The first-order valence-corrected chi connectivity index (χ1v) is 5.14. The fraction of sp³-hybridized carbons (Fsp3) is 0.300. The fourth-order valence-corrected chi connectivity index (χ4v) is 1.38. The molecule has 1 aromatic heterocycles. The van der Waals surface area contributed by atoms with Crippen LogP contribution in [0.15, 0.2) is 12.1 Å². The van der Waals surface area contributed by atoms with Crippen molar-refractivity contribution in [2.75, 3.05) is 5.32 Å². The van der Waals surface area contributed by atoms with Gasteiger partial charge in [-0.1, -0.05) is 0 Å². The molecule has 1 rings (SSSR count). The Morgan fingerprint density at radius 2 is 2.11 bits per heavy atom. The van der Waals surface area contributed by atoms with Crippen LogP contribution in [0, 0.1) is 17.0 Å². The molecule has 9 heteroatoms. The molecule has 9 nitrogen and oxygen atoms in total. The third-order valence-corrected chi connectivity index (χ3v) is 2.25. The van der Waals surface area contributed by atoms with E-state index in [0.717, 1.165) is 0 Å². The highest BCUT2D eigenvalue weighted by atomic mass is 16.6. The number of carbonyl (C=O) groups is 2. The molecule has 1 heterocycles. The Kier molecular flexibility index (Phi) is 4.35. The van der Waals surface area contributed by atoms with Crippen molar-refractivity contribution in [3.8, 4) is 0 Å². The van der Waals surface area contributed by atoms with Gasteiger partial charge >= 0.3 is 11.9 Å². The molecule has 1 atom stereocenters. The Morgan fingerprint density at radius 3 is 2.53 bits per heavy atom. The number of carboxylic acids is 2. The minimum atomic E-state index is -1.36. The number of nitrogens with one attached hydrogen (secondary N) is 1. The van der Waals surface area contributed by atoms with Crippen molar-refractivity contribution >= 4 is 23.4 Å². The van der Waals surface area contributed by atoms with Gasteiger partial charge in [0.25, 0.3) is 5.69 Å². The molecule has 0 spiro atoms. The largest absolute Gasteiger partial charge is 0.481 e. The van der Waals surface area contributed by atoms with Gasteiger partial charge in [0.15, 0.2) is 0 Å². The number of nitro groups is 1. The van der Waals surface area contributed by atoms with Crippen molar-refractivity contribution in [2.45, 2.75) is 19.4 Å². The minimum absolute atomic E-state index is 0.0664. The van der Waals surface area contributed by atoms with Gasteiger partial charge in [0, 0.05) is 6.07 Å². The molecule has 19 heavy (non-hydrogen) atoms. The zero-order valence-electron chi connectivity index (χ0n) is 9.86. The highest BCUT2D eigenvalue weighted by Gasteiger charge is 2.22. The monoisotopic (exact) mass is 269 g/mol. The van der Waals surface area contributed by atoms with Gasteiger partial charge in [0.05, 0.1) is 11.3 Å². The molecular weight excluding hydrogens is 258 g/mol. The lowest BCUT2D eigenvalue weighted by atomic mass is 10.2. The first-order valence-electron chi connectivity index (χ1n) is 5.14. The maximum absolute atomic E-state index is 10.8. The lowest BCUT2D eigenvalue weighted by molar-refractivity contribution is -0.385. The number of aliphatic carboxylic acids is 2. The van der Waals surface area contributed by atoms with Crippen LogP contribution >= 0.6 is 0 Å². The smallest absolute Gasteiger partial charge is 0.326 e. The molecule has 0 aromatic carbocycles. The van der Waals surface area contributed by atoms with Crippen LogP contribution in [0.25, 0.3) is 0 Å². The van der Waals surface area contributed by atoms with Gasteiger partial charge in [0.1, 0.15) is 17.6 Å².